The normalized spacial score (nSPS) is 24.0. The van der Waals surface area contributed by atoms with Gasteiger partial charge in [-0.25, -0.2) is 15.0 Å². The lowest BCUT2D eigenvalue weighted by molar-refractivity contribution is 0.0792. The summed E-state index contributed by atoms with van der Waals surface area (Å²) in [6.45, 7) is 5.16. The molecule has 0 saturated carbocycles. The number of aliphatic hydroxyl groups excluding tert-OH is 1. The lowest BCUT2D eigenvalue weighted by atomic mass is 10.1. The van der Waals surface area contributed by atoms with Crippen molar-refractivity contribution in [1.82, 2.24) is 19.9 Å². The number of fused-ring (bicyclic) bond motifs is 1. The predicted octanol–water partition coefficient (Wildman–Crippen LogP) is 1.46. The second kappa shape index (κ2) is 7.03. The number of anilines is 2. The van der Waals surface area contributed by atoms with Crippen molar-refractivity contribution in [3.63, 3.8) is 0 Å². The number of hydrogen-bond donors (Lipinski definition) is 1. The molecule has 0 amide bonds. The van der Waals surface area contributed by atoms with Crippen LogP contribution in [0, 0.1) is 0 Å². The third-order valence-electron chi connectivity index (χ3n) is 5.54. The standard InChI is InChI=1S/C19H22N6OS/c26-16-12-25(19-18-14(4-10-27-18)21-13-22-19)11-15(16)23-6-8-24(9-7-23)17-3-1-2-5-20-17/h1-5,10,13,15-16,26H,6-9,11-12H2/t15-,16-/m1/s1. The van der Waals surface area contributed by atoms with Gasteiger partial charge in [0.1, 0.15) is 18.0 Å². The maximum absolute atomic E-state index is 10.7. The highest BCUT2D eigenvalue weighted by molar-refractivity contribution is 7.17. The molecule has 140 valence electrons. The summed E-state index contributed by atoms with van der Waals surface area (Å²) in [5.41, 5.74) is 0.979. The van der Waals surface area contributed by atoms with E-state index in [-0.39, 0.29) is 12.1 Å². The summed E-state index contributed by atoms with van der Waals surface area (Å²) in [5, 5.41) is 12.8. The van der Waals surface area contributed by atoms with E-state index < -0.39 is 0 Å². The fourth-order valence-electron chi connectivity index (χ4n) is 4.13. The molecule has 0 radical (unpaired) electrons. The predicted molar refractivity (Wildman–Crippen MR) is 107 cm³/mol. The van der Waals surface area contributed by atoms with E-state index in [2.05, 4.69) is 35.7 Å². The zero-order chi connectivity index (χ0) is 18.2. The highest BCUT2D eigenvalue weighted by atomic mass is 32.1. The zero-order valence-corrected chi connectivity index (χ0v) is 15.8. The van der Waals surface area contributed by atoms with Crippen LogP contribution in [-0.4, -0.2) is 76.4 Å². The van der Waals surface area contributed by atoms with Gasteiger partial charge < -0.3 is 14.9 Å². The van der Waals surface area contributed by atoms with Gasteiger partial charge in [-0.05, 0) is 23.6 Å². The first-order chi connectivity index (χ1) is 13.3. The quantitative estimate of drug-likeness (QED) is 0.735. The van der Waals surface area contributed by atoms with E-state index in [4.69, 9.17) is 0 Å². The molecule has 7 nitrogen and oxygen atoms in total. The SMILES string of the molecule is O[C@@H]1CN(c2ncnc3ccsc23)C[C@H]1N1CCN(c2ccccn2)CC1. The summed E-state index contributed by atoms with van der Waals surface area (Å²) in [4.78, 5) is 20.2. The van der Waals surface area contributed by atoms with Crippen molar-refractivity contribution < 1.29 is 5.11 Å². The van der Waals surface area contributed by atoms with Gasteiger partial charge in [0.05, 0.1) is 22.4 Å². The molecular formula is C19H22N6OS. The minimum atomic E-state index is -0.364. The maximum atomic E-state index is 10.7. The average Bonchev–Trinajstić information content (AvgIpc) is 3.35. The molecule has 2 saturated heterocycles. The molecule has 0 bridgehead atoms. The molecule has 2 atom stereocenters. The summed E-state index contributed by atoms with van der Waals surface area (Å²) in [5.74, 6) is 1.98. The number of nitrogens with zero attached hydrogens (tertiary/aromatic N) is 6. The maximum Gasteiger partial charge on any atom is 0.150 e. The molecule has 2 fully saturated rings. The monoisotopic (exact) mass is 382 g/mol. The number of piperazine rings is 1. The van der Waals surface area contributed by atoms with Crippen LogP contribution < -0.4 is 9.80 Å². The molecule has 2 aliphatic heterocycles. The van der Waals surface area contributed by atoms with Crippen molar-refractivity contribution >= 4 is 33.2 Å². The minimum absolute atomic E-state index is 0.140. The van der Waals surface area contributed by atoms with Gasteiger partial charge in [0.25, 0.3) is 0 Å². The summed E-state index contributed by atoms with van der Waals surface area (Å²) in [6, 6.07) is 8.19. The van der Waals surface area contributed by atoms with Gasteiger partial charge in [0.15, 0.2) is 0 Å². The first-order valence-electron chi connectivity index (χ1n) is 9.31. The zero-order valence-electron chi connectivity index (χ0n) is 15.0. The van der Waals surface area contributed by atoms with Crippen LogP contribution in [0.4, 0.5) is 11.6 Å². The Balaban J connectivity index is 1.28. The van der Waals surface area contributed by atoms with Crippen molar-refractivity contribution in [3.8, 4) is 0 Å². The number of pyridine rings is 1. The van der Waals surface area contributed by atoms with Gasteiger partial charge in [0, 0.05) is 45.5 Å². The highest BCUT2D eigenvalue weighted by Gasteiger charge is 2.38. The summed E-state index contributed by atoms with van der Waals surface area (Å²) >= 11 is 1.66. The van der Waals surface area contributed by atoms with Gasteiger partial charge in [-0.1, -0.05) is 6.07 Å². The topological polar surface area (TPSA) is 68.6 Å². The molecule has 5 heterocycles. The lowest BCUT2D eigenvalue weighted by Gasteiger charge is -2.39. The fraction of sp³-hybridized carbons (Fsp3) is 0.421. The molecular weight excluding hydrogens is 360 g/mol. The third-order valence-corrected chi connectivity index (χ3v) is 6.44. The van der Waals surface area contributed by atoms with E-state index in [1.165, 1.54) is 0 Å². The van der Waals surface area contributed by atoms with Crippen LogP contribution >= 0.6 is 11.3 Å². The second-order valence-electron chi connectivity index (χ2n) is 7.08. The van der Waals surface area contributed by atoms with Crippen molar-refractivity contribution in [2.45, 2.75) is 12.1 Å². The fourth-order valence-corrected chi connectivity index (χ4v) is 4.99. The molecule has 0 aliphatic carbocycles. The molecule has 3 aromatic rings. The molecule has 1 N–H and O–H groups in total. The Kier molecular flexibility index (Phi) is 4.39. The van der Waals surface area contributed by atoms with Crippen molar-refractivity contribution in [3.05, 3.63) is 42.2 Å². The van der Waals surface area contributed by atoms with Gasteiger partial charge >= 0.3 is 0 Å². The van der Waals surface area contributed by atoms with Gasteiger partial charge in [-0.3, -0.25) is 4.90 Å². The number of aliphatic hydroxyl groups is 1. The molecule has 3 aromatic heterocycles. The van der Waals surface area contributed by atoms with Gasteiger partial charge in [-0.2, -0.15) is 0 Å². The van der Waals surface area contributed by atoms with Crippen LogP contribution in [0.15, 0.2) is 42.2 Å². The molecule has 0 unspecified atom stereocenters. The van der Waals surface area contributed by atoms with E-state index in [0.29, 0.717) is 6.54 Å². The van der Waals surface area contributed by atoms with Crippen molar-refractivity contribution in [2.24, 2.45) is 0 Å². The Morgan fingerprint density at radius 2 is 1.85 bits per heavy atom. The minimum Gasteiger partial charge on any atom is -0.390 e. The molecule has 5 rings (SSSR count). The van der Waals surface area contributed by atoms with Crippen LogP contribution in [0.3, 0.4) is 0 Å². The average molecular weight is 382 g/mol. The Hall–Kier alpha value is -2.29. The van der Waals surface area contributed by atoms with Crippen molar-refractivity contribution in [2.75, 3.05) is 49.1 Å². The Morgan fingerprint density at radius 1 is 0.963 bits per heavy atom. The number of thiophene rings is 1. The smallest absolute Gasteiger partial charge is 0.150 e. The molecule has 0 spiro atoms. The Morgan fingerprint density at radius 3 is 2.67 bits per heavy atom. The molecule has 0 aromatic carbocycles. The number of aromatic nitrogens is 3. The molecule has 8 heteroatoms. The van der Waals surface area contributed by atoms with E-state index in [0.717, 1.165) is 54.6 Å². The Bertz CT molecular complexity index is 911. The van der Waals surface area contributed by atoms with Gasteiger partial charge in [0.2, 0.25) is 0 Å². The van der Waals surface area contributed by atoms with Crippen LogP contribution in [0.1, 0.15) is 0 Å². The van der Waals surface area contributed by atoms with E-state index in [9.17, 15) is 5.11 Å². The van der Waals surface area contributed by atoms with E-state index in [1.54, 1.807) is 17.7 Å². The number of β-amino-alcohol motifs (C(OH)–C–C–N with tert-alkyl or cyclic N) is 1. The van der Waals surface area contributed by atoms with E-state index in [1.807, 2.05) is 29.8 Å². The summed E-state index contributed by atoms with van der Waals surface area (Å²) in [6.07, 6.45) is 3.10. The van der Waals surface area contributed by atoms with Crippen molar-refractivity contribution in [1.29, 1.82) is 0 Å². The first kappa shape index (κ1) is 16.9. The van der Waals surface area contributed by atoms with Crippen LogP contribution in [0.25, 0.3) is 10.2 Å². The highest BCUT2D eigenvalue weighted by Crippen LogP contribution is 2.31. The lowest BCUT2D eigenvalue weighted by Crippen LogP contribution is -2.54. The Labute approximate surface area is 161 Å². The number of hydrogen-bond acceptors (Lipinski definition) is 8. The van der Waals surface area contributed by atoms with Gasteiger partial charge in [-0.15, -0.1) is 11.3 Å². The number of rotatable bonds is 3. The van der Waals surface area contributed by atoms with Crippen LogP contribution in [0.5, 0.6) is 0 Å². The first-order valence-corrected chi connectivity index (χ1v) is 10.2. The van der Waals surface area contributed by atoms with E-state index >= 15 is 0 Å². The van der Waals surface area contributed by atoms with Crippen LogP contribution in [-0.2, 0) is 0 Å². The molecule has 2 aliphatic rings. The largest absolute Gasteiger partial charge is 0.390 e. The second-order valence-corrected chi connectivity index (χ2v) is 8.00. The van der Waals surface area contributed by atoms with Crippen LogP contribution in [0.2, 0.25) is 0 Å². The third kappa shape index (κ3) is 3.13. The molecule has 27 heavy (non-hydrogen) atoms. The summed E-state index contributed by atoms with van der Waals surface area (Å²) in [7, 11) is 0. The summed E-state index contributed by atoms with van der Waals surface area (Å²) < 4.78 is 1.10.